The van der Waals surface area contributed by atoms with Gasteiger partial charge in [0.25, 0.3) is 0 Å². The van der Waals surface area contributed by atoms with E-state index in [-0.39, 0.29) is 11.4 Å². The monoisotopic (exact) mass is 569 g/mol. The van der Waals surface area contributed by atoms with Gasteiger partial charge in [-0.15, -0.1) is 20.5 Å². The zero-order valence-corrected chi connectivity index (χ0v) is 20.3. The molecule has 8 nitrogen and oxygen atoms in total. The number of hydrogen-bond acceptors (Lipinski definition) is 9. The predicted octanol–water partition coefficient (Wildman–Crippen LogP) is 9.18. The number of thiazole rings is 1. The number of anilines is 2. The Balaban J connectivity index is 1.36. The van der Waals surface area contributed by atoms with Gasteiger partial charge in [-0.1, -0.05) is 29.3 Å². The van der Waals surface area contributed by atoms with E-state index in [1.165, 1.54) is 71.2 Å². The highest BCUT2D eigenvalue weighted by Gasteiger charge is 2.38. The number of carbonyl (C=O) groups excluding carboxylic acids is 1. The third kappa shape index (κ3) is 6.98. The predicted molar refractivity (Wildman–Crippen MR) is 132 cm³/mol. The van der Waals surface area contributed by atoms with Gasteiger partial charge in [0.2, 0.25) is 5.13 Å². The van der Waals surface area contributed by atoms with Crippen molar-refractivity contribution < 1.29 is 31.1 Å². The van der Waals surface area contributed by atoms with Crippen molar-refractivity contribution in [1.29, 1.82) is 0 Å². The summed E-state index contributed by atoms with van der Waals surface area (Å²) < 4.78 is 75.4. The Kier molecular flexibility index (Phi) is 7.54. The minimum atomic E-state index is -4.98. The molecule has 4 aromatic rings. The van der Waals surface area contributed by atoms with Crippen LogP contribution in [0.4, 0.5) is 59.2 Å². The molecule has 4 rings (SSSR count). The van der Waals surface area contributed by atoms with Crippen LogP contribution >= 0.6 is 22.7 Å². The van der Waals surface area contributed by atoms with Gasteiger partial charge in [-0.05, 0) is 54.6 Å². The van der Waals surface area contributed by atoms with E-state index in [1.54, 1.807) is 11.4 Å². The van der Waals surface area contributed by atoms with Crippen LogP contribution in [-0.2, 0) is 4.79 Å². The number of carbonyl (C=O) groups is 1. The summed E-state index contributed by atoms with van der Waals surface area (Å²) in [4.78, 5) is 15.9. The molecule has 0 saturated carbocycles. The van der Waals surface area contributed by atoms with Gasteiger partial charge in [0, 0.05) is 11.4 Å². The fraction of sp³-hybridized carbons (Fsp3) is 0.0909. The van der Waals surface area contributed by atoms with E-state index in [4.69, 9.17) is 0 Å². The molecule has 0 atom stereocenters. The highest BCUT2D eigenvalue weighted by atomic mass is 32.1. The average Bonchev–Trinajstić information content (AvgIpc) is 3.40. The minimum Gasteiger partial charge on any atom is -0.352 e. The lowest BCUT2D eigenvalue weighted by molar-refractivity contribution is -0.167. The topological polar surface area (TPSA) is 103 Å². The summed E-state index contributed by atoms with van der Waals surface area (Å²) >= 11 is 2.47. The zero-order chi connectivity index (χ0) is 27.5. The second-order valence-corrected chi connectivity index (χ2v) is 9.32. The van der Waals surface area contributed by atoms with Crippen molar-refractivity contribution >= 4 is 71.0 Å². The summed E-state index contributed by atoms with van der Waals surface area (Å²) in [7, 11) is 0. The maximum atomic E-state index is 12.6. The minimum absolute atomic E-state index is 0.0335. The smallest absolute Gasteiger partial charge is 0.352 e. The van der Waals surface area contributed by atoms with Crippen molar-refractivity contribution in [2.24, 2.45) is 20.5 Å². The number of aromatic nitrogens is 1. The van der Waals surface area contributed by atoms with Crippen LogP contribution in [0.1, 0.15) is 0 Å². The molecule has 0 bridgehead atoms. The maximum absolute atomic E-state index is 12.6. The summed E-state index contributed by atoms with van der Waals surface area (Å²) in [6, 6.07) is 12.9. The molecular weight excluding hydrogens is 556 g/mol. The molecule has 0 aliphatic heterocycles. The Morgan fingerprint density at radius 2 is 1.32 bits per heavy atom. The second-order valence-electron chi connectivity index (χ2n) is 7.30. The number of allylic oxidation sites excluding steroid dienone is 1. The van der Waals surface area contributed by atoms with Gasteiger partial charge in [-0.25, -0.2) is 4.98 Å². The van der Waals surface area contributed by atoms with Crippen LogP contribution in [0.5, 0.6) is 0 Å². The van der Waals surface area contributed by atoms with Gasteiger partial charge in [0.1, 0.15) is 15.5 Å². The van der Waals surface area contributed by atoms with Gasteiger partial charge in [-0.3, -0.25) is 4.79 Å². The van der Waals surface area contributed by atoms with E-state index in [2.05, 4.69) is 37.3 Å². The number of nitrogens with zero attached hydrogens (tertiary/aromatic N) is 5. The van der Waals surface area contributed by atoms with E-state index >= 15 is 0 Å². The Morgan fingerprint density at radius 3 is 1.84 bits per heavy atom. The van der Waals surface area contributed by atoms with E-state index in [0.29, 0.717) is 26.3 Å². The lowest BCUT2D eigenvalue weighted by atomic mass is 10.3. The molecule has 0 aliphatic rings. The van der Waals surface area contributed by atoms with E-state index < -0.39 is 24.0 Å². The molecule has 196 valence electrons. The van der Waals surface area contributed by atoms with E-state index in [1.807, 2.05) is 0 Å². The number of azo groups is 2. The van der Waals surface area contributed by atoms with Crippen LogP contribution < -0.4 is 10.6 Å². The van der Waals surface area contributed by atoms with Crippen molar-refractivity contribution in [3.63, 3.8) is 0 Å². The van der Waals surface area contributed by atoms with E-state index in [9.17, 15) is 31.1 Å². The molecule has 0 spiro atoms. The van der Waals surface area contributed by atoms with Gasteiger partial charge >= 0.3 is 18.3 Å². The highest BCUT2D eigenvalue weighted by Crippen LogP contribution is 2.39. The first-order valence-corrected chi connectivity index (χ1v) is 11.9. The standard InChI is InChI=1S/C22H13F6N7OS2/c1-11(21(23,24)25)29-12-2-6-15(7-3-12)33-35-20-31-18-16(37-20)10-17(38-18)34-32-14-8-4-13(5-9-14)30-19(36)22(26,27)28/h2-10,29H,1H2,(H,30,36). The van der Waals surface area contributed by atoms with Gasteiger partial charge in [-0.2, -0.15) is 26.3 Å². The molecule has 0 aliphatic carbocycles. The zero-order valence-electron chi connectivity index (χ0n) is 18.6. The molecule has 2 aromatic heterocycles. The van der Waals surface area contributed by atoms with Crippen molar-refractivity contribution in [3.05, 3.63) is 66.9 Å². The molecule has 0 unspecified atom stereocenters. The van der Waals surface area contributed by atoms with Crippen LogP contribution in [0.3, 0.4) is 0 Å². The Bertz CT molecular complexity index is 1380. The molecule has 2 heterocycles. The van der Waals surface area contributed by atoms with E-state index in [0.717, 1.165) is 4.70 Å². The van der Waals surface area contributed by atoms with Crippen molar-refractivity contribution in [2.45, 2.75) is 12.4 Å². The molecule has 0 saturated heterocycles. The summed E-state index contributed by atoms with van der Waals surface area (Å²) in [5, 5.41) is 21.0. The lowest BCUT2D eigenvalue weighted by Gasteiger charge is -2.12. The van der Waals surface area contributed by atoms with Crippen LogP contribution in [0.15, 0.2) is 87.3 Å². The number of hydrogen-bond donors (Lipinski definition) is 2. The first-order chi connectivity index (χ1) is 17.9. The first-order valence-electron chi connectivity index (χ1n) is 10.2. The van der Waals surface area contributed by atoms with Crippen molar-refractivity contribution in [2.75, 3.05) is 10.6 Å². The van der Waals surface area contributed by atoms with Crippen LogP contribution in [0, 0.1) is 0 Å². The number of alkyl halides is 6. The van der Waals surface area contributed by atoms with Crippen LogP contribution in [-0.4, -0.2) is 23.2 Å². The molecule has 2 N–H and O–H groups in total. The molecule has 0 fully saturated rings. The summed E-state index contributed by atoms with van der Waals surface area (Å²) in [6.07, 6.45) is -9.53. The first kappa shape index (κ1) is 26.9. The van der Waals surface area contributed by atoms with Crippen LogP contribution in [0.25, 0.3) is 9.53 Å². The van der Waals surface area contributed by atoms with Gasteiger partial charge < -0.3 is 10.6 Å². The number of nitrogens with one attached hydrogen (secondary N) is 2. The van der Waals surface area contributed by atoms with Crippen LogP contribution in [0.2, 0.25) is 0 Å². The third-order valence-corrected chi connectivity index (χ3v) is 6.40. The Morgan fingerprint density at radius 1 is 0.763 bits per heavy atom. The fourth-order valence-electron chi connectivity index (χ4n) is 2.68. The largest absolute Gasteiger partial charge is 0.471 e. The molecule has 38 heavy (non-hydrogen) atoms. The second kappa shape index (κ2) is 10.7. The number of amides is 1. The number of rotatable bonds is 7. The Hall–Kier alpha value is -4.18. The quantitative estimate of drug-likeness (QED) is 0.171. The molecular formula is C22H13F6N7OS2. The summed E-state index contributed by atoms with van der Waals surface area (Å²) in [5.74, 6) is -2.07. The average molecular weight is 570 g/mol. The number of thiophene rings is 1. The maximum Gasteiger partial charge on any atom is 0.471 e. The molecule has 16 heteroatoms. The normalized spacial score (nSPS) is 12.5. The lowest BCUT2D eigenvalue weighted by Crippen LogP contribution is -2.29. The fourth-order valence-corrected chi connectivity index (χ4v) is 4.53. The highest BCUT2D eigenvalue weighted by molar-refractivity contribution is 7.30. The van der Waals surface area contributed by atoms with Crippen molar-refractivity contribution in [1.82, 2.24) is 4.98 Å². The van der Waals surface area contributed by atoms with Crippen molar-refractivity contribution in [3.8, 4) is 0 Å². The van der Waals surface area contributed by atoms with Gasteiger partial charge in [0.15, 0.2) is 0 Å². The Labute approximate surface area is 217 Å². The molecule has 2 aromatic carbocycles. The third-order valence-electron chi connectivity index (χ3n) is 4.47. The summed E-state index contributed by atoms with van der Waals surface area (Å²) in [5.41, 5.74) is -0.148. The van der Waals surface area contributed by atoms with Gasteiger partial charge in [0.05, 0.1) is 16.1 Å². The molecule has 1 amide bonds. The SMILES string of the molecule is C=C(Nc1ccc(N=Nc2nc3sc(N=Nc4ccc(NC(=O)C(F)(F)F)cc4)cc3s2)cc1)C(F)(F)F. The number of halogens is 6. The molecule has 0 radical (unpaired) electrons. The summed E-state index contributed by atoms with van der Waals surface area (Å²) in [6.45, 7) is 2.95. The number of benzene rings is 2. The number of fused-ring (bicyclic) bond motifs is 1.